The van der Waals surface area contributed by atoms with E-state index in [0.717, 1.165) is 28.5 Å². The Labute approximate surface area is 179 Å². The van der Waals surface area contributed by atoms with E-state index >= 15 is 0 Å². The molecule has 2 aliphatic heterocycles. The van der Waals surface area contributed by atoms with Crippen molar-refractivity contribution >= 4 is 22.6 Å². The zero-order valence-corrected chi connectivity index (χ0v) is 17.2. The molecule has 2 aliphatic rings. The number of aliphatic carboxylic acids is 1. The molecule has 1 saturated heterocycles. The van der Waals surface area contributed by atoms with Gasteiger partial charge in [0.1, 0.15) is 0 Å². The molecule has 6 heteroatoms. The van der Waals surface area contributed by atoms with Crippen molar-refractivity contribution in [2.45, 2.75) is 31.7 Å². The van der Waals surface area contributed by atoms with Crippen LogP contribution in [0.15, 0.2) is 59.4 Å². The van der Waals surface area contributed by atoms with Crippen LogP contribution in [0.25, 0.3) is 21.9 Å². The molecule has 0 spiro atoms. The first-order chi connectivity index (χ1) is 15.0. The summed E-state index contributed by atoms with van der Waals surface area (Å²) in [7, 11) is 0. The Morgan fingerprint density at radius 3 is 2.55 bits per heavy atom. The van der Waals surface area contributed by atoms with Crippen LogP contribution in [0.3, 0.4) is 0 Å². The number of nitrogens with zero attached hydrogens (tertiary/aromatic N) is 2. The first-order valence-corrected chi connectivity index (χ1v) is 10.7. The Balaban J connectivity index is 1.45. The number of amides is 1. The Kier molecular flexibility index (Phi) is 4.85. The second kappa shape index (κ2) is 7.69. The maximum atomic E-state index is 13.4. The monoisotopic (exact) mass is 416 g/mol. The van der Waals surface area contributed by atoms with Gasteiger partial charge in [0.25, 0.3) is 5.56 Å². The first kappa shape index (κ1) is 19.5. The van der Waals surface area contributed by atoms with Crippen molar-refractivity contribution in [1.82, 2.24) is 9.47 Å². The molecule has 5 rings (SSSR count). The molecule has 0 aliphatic carbocycles. The minimum atomic E-state index is -0.955. The average molecular weight is 416 g/mol. The van der Waals surface area contributed by atoms with Crippen LogP contribution >= 0.6 is 0 Å². The zero-order valence-electron chi connectivity index (χ0n) is 17.2. The highest BCUT2D eigenvalue weighted by molar-refractivity contribution is 5.87. The Morgan fingerprint density at radius 2 is 1.74 bits per heavy atom. The van der Waals surface area contributed by atoms with Crippen LogP contribution in [0.4, 0.5) is 0 Å². The van der Waals surface area contributed by atoms with Crippen LogP contribution in [-0.2, 0) is 16.1 Å². The highest BCUT2D eigenvalue weighted by Crippen LogP contribution is 2.36. The maximum Gasteiger partial charge on any atom is 0.303 e. The van der Waals surface area contributed by atoms with Gasteiger partial charge in [-0.3, -0.25) is 14.4 Å². The minimum Gasteiger partial charge on any atom is -0.481 e. The van der Waals surface area contributed by atoms with Crippen LogP contribution in [0.2, 0.25) is 0 Å². The largest absolute Gasteiger partial charge is 0.481 e. The number of carbonyl (C=O) groups excluding carboxylic acids is 1. The molecular formula is C25H24N2O4. The Hall–Kier alpha value is -3.41. The fourth-order valence-electron chi connectivity index (χ4n) is 5.10. The van der Waals surface area contributed by atoms with E-state index in [2.05, 4.69) is 18.2 Å². The number of hydrogen-bond donors (Lipinski definition) is 1. The van der Waals surface area contributed by atoms with Gasteiger partial charge < -0.3 is 14.6 Å². The summed E-state index contributed by atoms with van der Waals surface area (Å²) < 4.78 is 1.89. The Morgan fingerprint density at radius 1 is 0.935 bits per heavy atom. The van der Waals surface area contributed by atoms with Crippen molar-refractivity contribution in [3.63, 3.8) is 0 Å². The fourth-order valence-corrected chi connectivity index (χ4v) is 5.10. The number of piperidine rings is 1. The molecule has 0 saturated carbocycles. The predicted octanol–water partition coefficient (Wildman–Crippen LogP) is 3.48. The molecule has 2 aromatic carbocycles. The quantitative estimate of drug-likeness (QED) is 0.706. The lowest BCUT2D eigenvalue weighted by Crippen LogP contribution is -2.49. The van der Waals surface area contributed by atoms with Crippen molar-refractivity contribution < 1.29 is 14.7 Å². The zero-order chi connectivity index (χ0) is 21.5. The van der Waals surface area contributed by atoms with E-state index in [1.54, 1.807) is 4.90 Å². The molecule has 1 amide bonds. The highest BCUT2D eigenvalue weighted by Gasteiger charge is 2.36. The lowest BCUT2D eigenvalue weighted by molar-refractivity contribution is -0.141. The van der Waals surface area contributed by atoms with E-state index in [0.29, 0.717) is 25.2 Å². The number of rotatable bonds is 4. The molecule has 2 atom stereocenters. The normalized spacial score (nSPS) is 19.8. The Bertz CT molecular complexity index is 1250. The molecule has 1 N–H and O–H groups in total. The second-order valence-electron chi connectivity index (χ2n) is 8.64. The average Bonchev–Trinajstić information content (AvgIpc) is 2.77. The first-order valence-electron chi connectivity index (χ1n) is 10.7. The molecule has 6 nitrogen and oxygen atoms in total. The summed E-state index contributed by atoms with van der Waals surface area (Å²) in [6.45, 7) is 1.72. The van der Waals surface area contributed by atoms with Gasteiger partial charge >= 0.3 is 5.97 Å². The van der Waals surface area contributed by atoms with E-state index in [-0.39, 0.29) is 36.1 Å². The van der Waals surface area contributed by atoms with Crippen molar-refractivity contribution in [1.29, 1.82) is 0 Å². The number of carbonyl (C=O) groups is 2. The third-order valence-corrected chi connectivity index (χ3v) is 6.57. The van der Waals surface area contributed by atoms with E-state index in [4.69, 9.17) is 5.11 Å². The molecule has 0 unspecified atom stereocenters. The van der Waals surface area contributed by atoms with Gasteiger partial charge in [-0.2, -0.15) is 0 Å². The van der Waals surface area contributed by atoms with Crippen LogP contribution < -0.4 is 5.56 Å². The van der Waals surface area contributed by atoms with Gasteiger partial charge in [-0.05, 0) is 46.9 Å². The van der Waals surface area contributed by atoms with E-state index in [9.17, 15) is 14.4 Å². The van der Waals surface area contributed by atoms with Crippen LogP contribution in [-0.4, -0.2) is 39.5 Å². The van der Waals surface area contributed by atoms with E-state index < -0.39 is 5.97 Å². The number of carboxylic acids is 1. The number of carboxylic acid groups (broad SMARTS) is 1. The summed E-state index contributed by atoms with van der Waals surface area (Å²) in [4.78, 5) is 38.4. The number of benzene rings is 2. The van der Waals surface area contributed by atoms with Gasteiger partial charge in [0.05, 0.1) is 6.42 Å². The number of fused-ring (bicyclic) bond motifs is 5. The van der Waals surface area contributed by atoms with Gasteiger partial charge in [-0.25, -0.2) is 0 Å². The standard InChI is InChI=1S/C25H24N2O4/c28-23(9-10-24(29)30)26-13-16-11-20(15-26)22-8-7-21(25(31)27(22)14-16)19-6-5-17-3-1-2-4-18(17)12-19/h1-8,12,16,20H,9-11,13-15H2,(H,29,30)/t16-,20-/m1/s1. The minimum absolute atomic E-state index is 0.0214. The predicted molar refractivity (Wildman–Crippen MR) is 118 cm³/mol. The van der Waals surface area contributed by atoms with E-state index in [1.165, 1.54) is 0 Å². The molecular weight excluding hydrogens is 392 g/mol. The van der Waals surface area contributed by atoms with Gasteiger partial charge in [0.2, 0.25) is 5.91 Å². The van der Waals surface area contributed by atoms with Crippen LogP contribution in [0, 0.1) is 5.92 Å². The number of hydrogen-bond acceptors (Lipinski definition) is 3. The fraction of sp³-hybridized carbons (Fsp3) is 0.320. The lowest BCUT2D eigenvalue weighted by Gasteiger charge is -2.43. The lowest BCUT2D eigenvalue weighted by atomic mass is 9.82. The summed E-state index contributed by atoms with van der Waals surface area (Å²) >= 11 is 0. The molecule has 3 aromatic rings. The molecule has 0 radical (unpaired) electrons. The number of aromatic nitrogens is 1. The van der Waals surface area contributed by atoms with Crippen molar-refractivity contribution in [3.8, 4) is 11.1 Å². The highest BCUT2D eigenvalue weighted by atomic mass is 16.4. The SMILES string of the molecule is O=C(O)CCC(=O)N1C[C@H]2C[C@H](C1)c1ccc(-c3ccc4ccccc4c3)c(=O)n1C2. The van der Waals surface area contributed by atoms with Crippen LogP contribution in [0.5, 0.6) is 0 Å². The molecule has 158 valence electrons. The number of pyridine rings is 1. The van der Waals surface area contributed by atoms with Gasteiger partial charge in [0.15, 0.2) is 0 Å². The van der Waals surface area contributed by atoms with Crippen molar-refractivity contribution in [2.24, 2.45) is 5.92 Å². The third kappa shape index (κ3) is 3.63. The van der Waals surface area contributed by atoms with Crippen molar-refractivity contribution in [3.05, 3.63) is 70.6 Å². The van der Waals surface area contributed by atoms with Gasteiger partial charge in [-0.15, -0.1) is 0 Å². The molecule has 3 heterocycles. The van der Waals surface area contributed by atoms with Gasteiger partial charge in [0, 0.05) is 43.2 Å². The smallest absolute Gasteiger partial charge is 0.303 e. The summed E-state index contributed by atoms with van der Waals surface area (Å²) in [5.74, 6) is -0.742. The molecule has 2 bridgehead atoms. The van der Waals surface area contributed by atoms with Gasteiger partial charge in [-0.1, -0.05) is 36.4 Å². The number of likely N-dealkylation sites (tertiary alicyclic amines) is 1. The molecule has 1 fully saturated rings. The topological polar surface area (TPSA) is 79.6 Å². The summed E-state index contributed by atoms with van der Waals surface area (Å²) in [5, 5.41) is 11.1. The van der Waals surface area contributed by atoms with Crippen molar-refractivity contribution in [2.75, 3.05) is 13.1 Å². The summed E-state index contributed by atoms with van der Waals surface area (Å²) in [6.07, 6.45) is 0.843. The second-order valence-corrected chi connectivity index (χ2v) is 8.64. The summed E-state index contributed by atoms with van der Waals surface area (Å²) in [5.41, 5.74) is 2.61. The molecule has 31 heavy (non-hydrogen) atoms. The summed E-state index contributed by atoms with van der Waals surface area (Å²) in [6, 6.07) is 18.1. The van der Waals surface area contributed by atoms with E-state index in [1.807, 2.05) is 41.0 Å². The van der Waals surface area contributed by atoms with Crippen LogP contribution in [0.1, 0.15) is 30.9 Å². The molecule has 1 aromatic heterocycles. The maximum absolute atomic E-state index is 13.4. The third-order valence-electron chi connectivity index (χ3n) is 6.57.